The van der Waals surface area contributed by atoms with Crippen molar-refractivity contribution in [2.75, 3.05) is 31.1 Å². The molecule has 29 heavy (non-hydrogen) atoms. The third-order valence-electron chi connectivity index (χ3n) is 6.69. The topological polar surface area (TPSA) is 81.2 Å². The molecule has 2 atom stereocenters. The number of aliphatic hydroxyl groups is 1. The van der Waals surface area contributed by atoms with Crippen LogP contribution in [0.15, 0.2) is 24.3 Å². The number of nitrogens with zero attached hydrogens (tertiary/aromatic N) is 3. The van der Waals surface area contributed by atoms with Gasteiger partial charge in [0.1, 0.15) is 5.66 Å². The molecule has 0 saturated carbocycles. The monoisotopic (exact) mass is 399 g/mol. The molecule has 7 heteroatoms. The highest BCUT2D eigenvalue weighted by molar-refractivity contribution is 6.10. The quantitative estimate of drug-likeness (QED) is 0.793. The van der Waals surface area contributed by atoms with Gasteiger partial charge < -0.3 is 14.9 Å². The molecule has 7 nitrogen and oxygen atoms in total. The van der Waals surface area contributed by atoms with E-state index in [0.717, 1.165) is 25.9 Å². The Morgan fingerprint density at radius 1 is 1.28 bits per heavy atom. The van der Waals surface area contributed by atoms with E-state index in [-0.39, 0.29) is 24.3 Å². The summed E-state index contributed by atoms with van der Waals surface area (Å²) in [4.78, 5) is 43.8. The van der Waals surface area contributed by atoms with Crippen molar-refractivity contribution < 1.29 is 19.5 Å². The minimum absolute atomic E-state index is 0.0421. The van der Waals surface area contributed by atoms with E-state index in [1.54, 1.807) is 15.9 Å². The van der Waals surface area contributed by atoms with Crippen molar-refractivity contribution in [1.29, 1.82) is 0 Å². The van der Waals surface area contributed by atoms with Gasteiger partial charge in [0.2, 0.25) is 11.8 Å². The third kappa shape index (κ3) is 3.41. The second kappa shape index (κ2) is 7.78. The van der Waals surface area contributed by atoms with Crippen LogP contribution in [0.2, 0.25) is 0 Å². The van der Waals surface area contributed by atoms with E-state index in [2.05, 4.69) is 0 Å². The zero-order valence-electron chi connectivity index (χ0n) is 17.0. The summed E-state index contributed by atoms with van der Waals surface area (Å²) in [6, 6.07) is 7.28. The molecule has 0 bridgehead atoms. The molecule has 2 fully saturated rings. The molecular formula is C22H29N3O4. The Morgan fingerprint density at radius 2 is 2.07 bits per heavy atom. The number of likely N-dealkylation sites (tertiary alicyclic amines) is 1. The van der Waals surface area contributed by atoms with Gasteiger partial charge in [-0.3, -0.25) is 19.3 Å². The maximum absolute atomic E-state index is 13.2. The predicted molar refractivity (Wildman–Crippen MR) is 108 cm³/mol. The molecule has 0 spiro atoms. The van der Waals surface area contributed by atoms with E-state index in [9.17, 15) is 14.4 Å². The summed E-state index contributed by atoms with van der Waals surface area (Å²) in [7, 11) is 0. The molecule has 156 valence electrons. The lowest BCUT2D eigenvalue weighted by atomic mass is 9.98. The van der Waals surface area contributed by atoms with Crippen molar-refractivity contribution in [3.8, 4) is 0 Å². The average molecular weight is 399 g/mol. The Hall–Kier alpha value is -2.41. The number of hydrogen-bond acceptors (Lipinski definition) is 4. The fourth-order valence-electron chi connectivity index (χ4n) is 5.07. The number of anilines is 1. The Balaban J connectivity index is 1.43. The van der Waals surface area contributed by atoms with Crippen molar-refractivity contribution in [2.24, 2.45) is 5.92 Å². The maximum atomic E-state index is 13.2. The summed E-state index contributed by atoms with van der Waals surface area (Å²) >= 11 is 0. The van der Waals surface area contributed by atoms with E-state index < -0.39 is 5.66 Å². The average Bonchev–Trinajstić information content (AvgIpc) is 3.30. The molecule has 3 aliphatic heterocycles. The van der Waals surface area contributed by atoms with Crippen LogP contribution in [0.1, 0.15) is 55.8 Å². The van der Waals surface area contributed by atoms with Crippen LogP contribution in [-0.4, -0.2) is 64.5 Å². The number of fused-ring (bicyclic) bond motifs is 3. The first kappa shape index (κ1) is 19.9. The Morgan fingerprint density at radius 3 is 2.86 bits per heavy atom. The van der Waals surface area contributed by atoms with E-state index >= 15 is 0 Å². The van der Waals surface area contributed by atoms with Gasteiger partial charge in [-0.1, -0.05) is 12.1 Å². The van der Waals surface area contributed by atoms with Crippen molar-refractivity contribution in [2.45, 2.75) is 51.1 Å². The molecule has 3 amide bonds. The first-order chi connectivity index (χ1) is 14.0. The number of benzene rings is 1. The number of carbonyl (C=O) groups is 3. The predicted octanol–water partition coefficient (Wildman–Crippen LogP) is 2.00. The molecule has 3 heterocycles. The van der Waals surface area contributed by atoms with Gasteiger partial charge in [0, 0.05) is 39.1 Å². The molecule has 2 saturated heterocycles. The minimum Gasteiger partial charge on any atom is -0.396 e. The molecule has 3 aliphatic rings. The molecule has 1 aromatic rings. The normalized spacial score (nSPS) is 26.1. The maximum Gasteiger partial charge on any atom is 0.257 e. The molecule has 0 unspecified atom stereocenters. The Labute approximate surface area is 171 Å². The molecule has 0 aliphatic carbocycles. The highest BCUT2D eigenvalue weighted by Gasteiger charge is 2.52. The van der Waals surface area contributed by atoms with Crippen LogP contribution in [-0.2, 0) is 9.59 Å². The van der Waals surface area contributed by atoms with E-state index in [4.69, 9.17) is 5.11 Å². The molecule has 0 radical (unpaired) electrons. The van der Waals surface area contributed by atoms with Gasteiger partial charge in [-0.25, -0.2) is 0 Å². The lowest BCUT2D eigenvalue weighted by Crippen LogP contribution is -2.62. The number of aliphatic hydroxyl groups excluding tert-OH is 1. The van der Waals surface area contributed by atoms with E-state index in [1.165, 1.54) is 0 Å². The van der Waals surface area contributed by atoms with Crippen molar-refractivity contribution in [3.05, 3.63) is 29.8 Å². The highest BCUT2D eigenvalue weighted by Crippen LogP contribution is 2.44. The number of para-hydroxylation sites is 1. The highest BCUT2D eigenvalue weighted by atomic mass is 16.3. The Bertz CT molecular complexity index is 826. The lowest BCUT2D eigenvalue weighted by Gasteiger charge is -2.48. The number of rotatable bonds is 6. The van der Waals surface area contributed by atoms with Crippen LogP contribution in [0.3, 0.4) is 0 Å². The van der Waals surface area contributed by atoms with Gasteiger partial charge in [-0.05, 0) is 50.7 Å². The van der Waals surface area contributed by atoms with Crippen LogP contribution in [0.25, 0.3) is 0 Å². The standard InChI is InChI=1S/C22H29N3O4/c1-22-11-8-20(28)25(22)18-6-3-2-5-17(18)21(29)24(22)12-4-7-19(27)23-13-9-16(15-23)10-14-26/h2-3,5-6,16,26H,4,7-15H2,1H3/t16-,22+/m1/s1. The summed E-state index contributed by atoms with van der Waals surface area (Å²) < 4.78 is 0. The first-order valence-electron chi connectivity index (χ1n) is 10.6. The summed E-state index contributed by atoms with van der Waals surface area (Å²) in [5.41, 5.74) is 0.588. The van der Waals surface area contributed by atoms with Gasteiger partial charge >= 0.3 is 0 Å². The molecule has 1 aromatic carbocycles. The van der Waals surface area contributed by atoms with Gasteiger partial charge in [-0.2, -0.15) is 0 Å². The fourth-order valence-corrected chi connectivity index (χ4v) is 5.07. The fraction of sp³-hybridized carbons (Fsp3) is 0.591. The summed E-state index contributed by atoms with van der Waals surface area (Å²) in [6.45, 7) is 4.04. The number of hydrogen-bond donors (Lipinski definition) is 1. The largest absolute Gasteiger partial charge is 0.396 e. The zero-order chi connectivity index (χ0) is 20.6. The van der Waals surface area contributed by atoms with Crippen molar-refractivity contribution in [1.82, 2.24) is 9.80 Å². The smallest absolute Gasteiger partial charge is 0.257 e. The summed E-state index contributed by atoms with van der Waals surface area (Å²) in [6.07, 6.45) is 3.69. The van der Waals surface area contributed by atoms with Gasteiger partial charge in [0.25, 0.3) is 5.91 Å². The molecule has 0 aromatic heterocycles. The second-order valence-electron chi connectivity index (χ2n) is 8.53. The number of amides is 3. The van der Waals surface area contributed by atoms with Crippen molar-refractivity contribution in [3.63, 3.8) is 0 Å². The lowest BCUT2D eigenvalue weighted by molar-refractivity contribution is -0.130. The first-order valence-corrected chi connectivity index (χ1v) is 10.6. The molecule has 1 N–H and O–H groups in total. The van der Waals surface area contributed by atoms with Gasteiger partial charge in [0.05, 0.1) is 11.3 Å². The molecular weight excluding hydrogens is 370 g/mol. The van der Waals surface area contributed by atoms with Gasteiger partial charge in [0.15, 0.2) is 0 Å². The van der Waals surface area contributed by atoms with Gasteiger partial charge in [-0.15, -0.1) is 0 Å². The van der Waals surface area contributed by atoms with Crippen LogP contribution < -0.4 is 4.90 Å². The summed E-state index contributed by atoms with van der Waals surface area (Å²) in [5, 5.41) is 9.08. The zero-order valence-corrected chi connectivity index (χ0v) is 17.0. The van der Waals surface area contributed by atoms with E-state index in [1.807, 2.05) is 30.0 Å². The van der Waals surface area contributed by atoms with Crippen LogP contribution in [0, 0.1) is 5.92 Å². The Kier molecular flexibility index (Phi) is 5.34. The number of carbonyl (C=O) groups excluding carboxylic acids is 3. The van der Waals surface area contributed by atoms with Crippen LogP contribution >= 0.6 is 0 Å². The molecule has 4 rings (SSSR count). The SMILES string of the molecule is C[C@@]12CCC(=O)N1c1ccccc1C(=O)N2CCCC(=O)N1CC[C@H](CCO)C1. The van der Waals surface area contributed by atoms with Crippen LogP contribution in [0.4, 0.5) is 5.69 Å². The minimum atomic E-state index is -0.661. The summed E-state index contributed by atoms with van der Waals surface area (Å²) in [5.74, 6) is 0.479. The van der Waals surface area contributed by atoms with Crippen molar-refractivity contribution >= 4 is 23.4 Å². The second-order valence-corrected chi connectivity index (χ2v) is 8.53. The third-order valence-corrected chi connectivity index (χ3v) is 6.69. The van der Waals surface area contributed by atoms with Crippen LogP contribution in [0.5, 0.6) is 0 Å². The van der Waals surface area contributed by atoms with E-state index in [0.29, 0.717) is 49.4 Å².